The predicted molar refractivity (Wildman–Crippen MR) is 151 cm³/mol. The molecule has 1 aromatic heterocycles. The second-order valence-electron chi connectivity index (χ2n) is 11.6. The summed E-state index contributed by atoms with van der Waals surface area (Å²) in [6.07, 6.45) is 7.10. The molecule has 0 N–H and O–H groups in total. The van der Waals surface area contributed by atoms with Crippen LogP contribution in [0.5, 0.6) is 0 Å². The number of carbonyl (C=O) groups is 2. The van der Waals surface area contributed by atoms with E-state index in [9.17, 15) is 9.59 Å². The molecule has 3 aromatic rings. The number of benzene rings is 2. The molecule has 7 nitrogen and oxygen atoms in total. The van der Waals surface area contributed by atoms with Crippen LogP contribution >= 0.6 is 0 Å². The molecule has 0 aliphatic carbocycles. The molecule has 204 valence electrons. The fourth-order valence-electron chi connectivity index (χ4n) is 6.96. The van der Waals surface area contributed by atoms with E-state index in [1.54, 1.807) is 6.20 Å². The number of carbonyl (C=O) groups excluding carboxylic acids is 2. The Kier molecular flexibility index (Phi) is 7.26. The Labute approximate surface area is 231 Å². The highest BCUT2D eigenvalue weighted by molar-refractivity contribution is 5.85. The van der Waals surface area contributed by atoms with Crippen molar-refractivity contribution in [3.05, 3.63) is 84.2 Å². The first-order valence-corrected chi connectivity index (χ1v) is 14.5. The van der Waals surface area contributed by atoms with Crippen molar-refractivity contribution in [1.29, 1.82) is 0 Å². The van der Waals surface area contributed by atoms with Crippen molar-refractivity contribution in [1.82, 2.24) is 24.5 Å². The first-order chi connectivity index (χ1) is 19.0. The summed E-state index contributed by atoms with van der Waals surface area (Å²) in [6.45, 7) is 8.02. The monoisotopic (exact) mass is 525 g/mol. The second kappa shape index (κ2) is 11.0. The lowest BCUT2D eigenvalue weighted by atomic mass is 9.76. The van der Waals surface area contributed by atoms with Gasteiger partial charge in [-0.25, -0.2) is 4.68 Å². The van der Waals surface area contributed by atoms with Gasteiger partial charge >= 0.3 is 0 Å². The number of nitrogens with zero attached hydrogens (tertiary/aromatic N) is 5. The number of piperidine rings is 1. The molecular formula is C32H39N5O2. The van der Waals surface area contributed by atoms with Gasteiger partial charge in [-0.1, -0.05) is 49.4 Å². The van der Waals surface area contributed by atoms with Crippen molar-refractivity contribution in [2.24, 2.45) is 11.3 Å². The summed E-state index contributed by atoms with van der Waals surface area (Å²) in [6, 6.07) is 20.9. The zero-order valence-electron chi connectivity index (χ0n) is 22.9. The number of amides is 2. The minimum absolute atomic E-state index is 0.204. The van der Waals surface area contributed by atoms with E-state index in [0.717, 1.165) is 69.8 Å². The number of likely N-dealkylation sites (tertiary alicyclic amines) is 3. The van der Waals surface area contributed by atoms with Crippen molar-refractivity contribution in [2.45, 2.75) is 45.1 Å². The maximum absolute atomic E-state index is 13.6. The molecule has 2 aromatic carbocycles. The largest absolute Gasteiger partial charge is 0.342 e. The molecule has 3 aliphatic heterocycles. The molecule has 0 bridgehead atoms. The maximum atomic E-state index is 13.6. The zero-order valence-corrected chi connectivity index (χ0v) is 22.9. The highest BCUT2D eigenvalue weighted by Gasteiger charge is 2.48. The lowest BCUT2D eigenvalue weighted by Crippen LogP contribution is -2.46. The Hall–Kier alpha value is -3.45. The average Bonchev–Trinajstić information content (AvgIpc) is 3.73. The van der Waals surface area contributed by atoms with Crippen molar-refractivity contribution in [3.8, 4) is 5.69 Å². The molecule has 6 rings (SSSR count). The van der Waals surface area contributed by atoms with Crippen LogP contribution in [0.4, 0.5) is 0 Å². The third-order valence-corrected chi connectivity index (χ3v) is 9.31. The number of hydrogen-bond donors (Lipinski definition) is 0. The quantitative estimate of drug-likeness (QED) is 0.461. The van der Waals surface area contributed by atoms with E-state index in [-0.39, 0.29) is 11.3 Å². The molecular weight excluding hydrogens is 486 g/mol. The summed E-state index contributed by atoms with van der Waals surface area (Å²) in [7, 11) is 0. The Morgan fingerprint density at radius 3 is 2.38 bits per heavy atom. The van der Waals surface area contributed by atoms with Gasteiger partial charge in [-0.3, -0.25) is 9.59 Å². The normalized spacial score (nSPS) is 23.2. The molecule has 4 heterocycles. The van der Waals surface area contributed by atoms with Crippen LogP contribution in [0.15, 0.2) is 73.1 Å². The minimum atomic E-state index is -0.204. The van der Waals surface area contributed by atoms with Crippen LogP contribution in [0.25, 0.3) is 5.69 Å². The molecule has 0 radical (unpaired) electrons. The molecule has 1 spiro atoms. The minimum Gasteiger partial charge on any atom is -0.342 e. The highest BCUT2D eigenvalue weighted by Crippen LogP contribution is 2.43. The van der Waals surface area contributed by atoms with Crippen LogP contribution in [-0.4, -0.2) is 75.6 Å². The zero-order chi connectivity index (χ0) is 26.8. The summed E-state index contributed by atoms with van der Waals surface area (Å²) >= 11 is 0. The fraction of sp³-hybridized carbons (Fsp3) is 0.469. The van der Waals surface area contributed by atoms with Gasteiger partial charge in [0.2, 0.25) is 11.8 Å². The molecule has 2 atom stereocenters. The van der Waals surface area contributed by atoms with Gasteiger partial charge in [-0.2, -0.15) is 5.10 Å². The van der Waals surface area contributed by atoms with Crippen LogP contribution < -0.4 is 0 Å². The van der Waals surface area contributed by atoms with Gasteiger partial charge in [0.05, 0.1) is 11.1 Å². The molecule has 39 heavy (non-hydrogen) atoms. The summed E-state index contributed by atoms with van der Waals surface area (Å²) in [5, 5.41) is 4.29. The van der Waals surface area contributed by atoms with Crippen LogP contribution in [0.2, 0.25) is 0 Å². The third-order valence-electron chi connectivity index (χ3n) is 9.31. The topological polar surface area (TPSA) is 61.7 Å². The van der Waals surface area contributed by atoms with Crippen molar-refractivity contribution in [3.63, 3.8) is 0 Å². The Bertz CT molecular complexity index is 1270. The summed E-state index contributed by atoms with van der Waals surface area (Å²) in [5.41, 5.74) is 3.32. The average molecular weight is 526 g/mol. The molecule has 7 heteroatoms. The van der Waals surface area contributed by atoms with Crippen LogP contribution in [0.3, 0.4) is 0 Å². The number of aromatic nitrogens is 2. The van der Waals surface area contributed by atoms with Gasteiger partial charge in [-0.05, 0) is 67.6 Å². The van der Waals surface area contributed by atoms with Gasteiger partial charge in [0.25, 0.3) is 0 Å². The molecule has 3 saturated heterocycles. The third kappa shape index (κ3) is 5.24. The summed E-state index contributed by atoms with van der Waals surface area (Å²) in [4.78, 5) is 32.8. The second-order valence-corrected chi connectivity index (χ2v) is 11.6. The Balaban J connectivity index is 1.06. The van der Waals surface area contributed by atoms with Gasteiger partial charge in [0.1, 0.15) is 0 Å². The van der Waals surface area contributed by atoms with Gasteiger partial charge in [0, 0.05) is 57.5 Å². The van der Waals surface area contributed by atoms with E-state index in [1.807, 2.05) is 23.9 Å². The SMILES string of the molecule is CCC(=O)N1CC(CN2CCC3(CC2)CCN(Cc2ccc(-n4cccn4)cc2)C3=O)C(c2ccccc2)C1. The number of hydrogen-bond acceptors (Lipinski definition) is 4. The van der Waals surface area contributed by atoms with E-state index >= 15 is 0 Å². The first kappa shape index (κ1) is 25.8. The predicted octanol–water partition coefficient (Wildman–Crippen LogP) is 4.34. The van der Waals surface area contributed by atoms with Crippen molar-refractivity contribution < 1.29 is 9.59 Å². The van der Waals surface area contributed by atoms with Gasteiger partial charge < -0.3 is 14.7 Å². The first-order valence-electron chi connectivity index (χ1n) is 14.5. The van der Waals surface area contributed by atoms with E-state index in [4.69, 9.17) is 0 Å². The Morgan fingerprint density at radius 2 is 1.69 bits per heavy atom. The Morgan fingerprint density at radius 1 is 0.949 bits per heavy atom. The molecule has 3 aliphatic rings. The van der Waals surface area contributed by atoms with Crippen molar-refractivity contribution >= 4 is 11.8 Å². The molecule has 2 unspecified atom stereocenters. The maximum Gasteiger partial charge on any atom is 0.229 e. The van der Waals surface area contributed by atoms with Gasteiger partial charge in [-0.15, -0.1) is 0 Å². The van der Waals surface area contributed by atoms with Crippen molar-refractivity contribution in [2.75, 3.05) is 39.3 Å². The summed E-state index contributed by atoms with van der Waals surface area (Å²) < 4.78 is 1.85. The van der Waals surface area contributed by atoms with Crippen LogP contribution in [0, 0.1) is 11.3 Å². The smallest absolute Gasteiger partial charge is 0.229 e. The lowest BCUT2D eigenvalue weighted by Gasteiger charge is -2.39. The van der Waals surface area contributed by atoms with E-state index < -0.39 is 0 Å². The molecule has 3 fully saturated rings. The highest BCUT2D eigenvalue weighted by atomic mass is 16.2. The standard InChI is InChI=1S/C32H39N5O2/c1-2-30(38)36-23-27(29(24-36)26-7-4-3-5-8-26)22-34-18-13-32(14-19-34)15-20-35(31(32)39)21-25-9-11-28(12-10-25)37-17-6-16-33-37/h3-12,16-17,27,29H,2,13-15,18-24H2,1H3. The molecule has 0 saturated carbocycles. The summed E-state index contributed by atoms with van der Waals surface area (Å²) in [5.74, 6) is 1.39. The van der Waals surface area contributed by atoms with Gasteiger partial charge in [0.15, 0.2) is 0 Å². The van der Waals surface area contributed by atoms with E-state index in [1.165, 1.54) is 5.56 Å². The number of rotatable bonds is 7. The lowest BCUT2D eigenvalue weighted by molar-refractivity contribution is -0.139. The fourth-order valence-corrected chi connectivity index (χ4v) is 6.96. The van der Waals surface area contributed by atoms with E-state index in [2.05, 4.69) is 74.4 Å². The van der Waals surface area contributed by atoms with Crippen LogP contribution in [0.1, 0.15) is 49.7 Å². The van der Waals surface area contributed by atoms with Crippen LogP contribution in [-0.2, 0) is 16.1 Å². The van der Waals surface area contributed by atoms with E-state index in [0.29, 0.717) is 30.7 Å². The molecule has 2 amide bonds.